The molecule has 7 nitrogen and oxygen atoms in total. The monoisotopic (exact) mass is 288 g/mol. The second-order valence-corrected chi connectivity index (χ2v) is 4.56. The number of nitrogens with zero attached hydrogens (tertiary/aromatic N) is 3. The SMILES string of the molecule is CCn1ncc([N+](=O)[O-])c1C(=O)NC(C)c1ccccc1. The topological polar surface area (TPSA) is 90.1 Å². The first-order chi connectivity index (χ1) is 10.0. The third kappa shape index (κ3) is 3.07. The second-order valence-electron chi connectivity index (χ2n) is 4.56. The number of nitro groups is 1. The molecule has 0 aliphatic rings. The smallest absolute Gasteiger partial charge is 0.320 e. The van der Waals surface area contributed by atoms with Crippen LogP contribution in [0.4, 0.5) is 5.69 Å². The molecule has 110 valence electrons. The summed E-state index contributed by atoms with van der Waals surface area (Å²) in [5.74, 6) is -0.502. The van der Waals surface area contributed by atoms with Crippen molar-refractivity contribution in [3.05, 3.63) is 57.9 Å². The average Bonchev–Trinajstić information content (AvgIpc) is 2.92. The number of benzene rings is 1. The molecule has 7 heteroatoms. The Hall–Kier alpha value is -2.70. The molecule has 1 unspecified atom stereocenters. The number of carbonyl (C=O) groups excluding carboxylic acids is 1. The molecule has 0 spiro atoms. The van der Waals surface area contributed by atoms with E-state index in [9.17, 15) is 14.9 Å². The van der Waals surface area contributed by atoms with E-state index in [2.05, 4.69) is 10.4 Å². The standard InChI is InChI=1S/C14H16N4O3/c1-3-17-13(12(9-15-17)18(20)21)14(19)16-10(2)11-7-5-4-6-8-11/h4-10H,3H2,1-2H3,(H,16,19). The van der Waals surface area contributed by atoms with Gasteiger partial charge in [0.25, 0.3) is 5.91 Å². The zero-order chi connectivity index (χ0) is 15.4. The van der Waals surface area contributed by atoms with Crippen molar-refractivity contribution in [3.8, 4) is 0 Å². The summed E-state index contributed by atoms with van der Waals surface area (Å²) in [7, 11) is 0. The molecule has 1 heterocycles. The summed E-state index contributed by atoms with van der Waals surface area (Å²) in [5, 5.41) is 17.6. The molecule has 21 heavy (non-hydrogen) atoms. The lowest BCUT2D eigenvalue weighted by Gasteiger charge is -2.14. The minimum Gasteiger partial charge on any atom is -0.344 e. The van der Waals surface area contributed by atoms with Gasteiger partial charge in [-0.2, -0.15) is 5.10 Å². The average molecular weight is 288 g/mol. The van der Waals surface area contributed by atoms with Crippen LogP contribution in [0.5, 0.6) is 0 Å². The minimum absolute atomic E-state index is 0.0229. The van der Waals surface area contributed by atoms with Crippen LogP contribution in [0.1, 0.15) is 35.9 Å². The summed E-state index contributed by atoms with van der Waals surface area (Å²) in [6.45, 7) is 3.98. The number of aryl methyl sites for hydroxylation is 1. The zero-order valence-electron chi connectivity index (χ0n) is 11.8. The lowest BCUT2D eigenvalue weighted by atomic mass is 10.1. The van der Waals surface area contributed by atoms with Crippen molar-refractivity contribution in [2.24, 2.45) is 0 Å². The molecule has 2 aromatic rings. The molecule has 1 atom stereocenters. The number of aromatic nitrogens is 2. The maximum atomic E-state index is 12.3. The maximum Gasteiger partial charge on any atom is 0.320 e. The van der Waals surface area contributed by atoms with Crippen molar-refractivity contribution in [1.82, 2.24) is 15.1 Å². The fourth-order valence-corrected chi connectivity index (χ4v) is 2.07. The molecule has 0 aliphatic carbocycles. The van der Waals surface area contributed by atoms with Crippen molar-refractivity contribution in [1.29, 1.82) is 0 Å². The first-order valence-corrected chi connectivity index (χ1v) is 6.60. The highest BCUT2D eigenvalue weighted by molar-refractivity contribution is 5.96. The number of nitrogens with one attached hydrogen (secondary N) is 1. The van der Waals surface area contributed by atoms with E-state index in [1.165, 1.54) is 4.68 Å². The van der Waals surface area contributed by atoms with E-state index in [1.54, 1.807) is 6.92 Å². The van der Waals surface area contributed by atoms with Gasteiger partial charge in [-0.05, 0) is 19.4 Å². The molecule has 1 aromatic heterocycles. The minimum atomic E-state index is -0.596. The Morgan fingerprint density at radius 3 is 2.67 bits per heavy atom. The number of amides is 1. The maximum absolute atomic E-state index is 12.3. The zero-order valence-corrected chi connectivity index (χ0v) is 11.8. The lowest BCUT2D eigenvalue weighted by Crippen LogP contribution is -2.29. The van der Waals surface area contributed by atoms with Crippen LogP contribution in [-0.4, -0.2) is 20.6 Å². The molecule has 1 aromatic carbocycles. The molecule has 2 rings (SSSR count). The van der Waals surface area contributed by atoms with E-state index in [4.69, 9.17) is 0 Å². The highest BCUT2D eigenvalue weighted by Crippen LogP contribution is 2.19. The van der Waals surface area contributed by atoms with Gasteiger partial charge in [0.2, 0.25) is 5.69 Å². The van der Waals surface area contributed by atoms with Crippen molar-refractivity contribution in [3.63, 3.8) is 0 Å². The van der Waals surface area contributed by atoms with Crippen LogP contribution in [0.2, 0.25) is 0 Å². The van der Waals surface area contributed by atoms with Gasteiger partial charge in [0.15, 0.2) is 0 Å². The molecule has 0 saturated carbocycles. The Labute approximate surface area is 121 Å². The summed E-state index contributed by atoms with van der Waals surface area (Å²) < 4.78 is 1.32. The lowest BCUT2D eigenvalue weighted by molar-refractivity contribution is -0.385. The Morgan fingerprint density at radius 2 is 2.10 bits per heavy atom. The Bertz CT molecular complexity index is 651. The molecule has 1 amide bonds. The Kier molecular flexibility index (Phi) is 4.32. The molecule has 0 saturated heterocycles. The van der Waals surface area contributed by atoms with E-state index in [0.29, 0.717) is 6.54 Å². The molecular weight excluding hydrogens is 272 g/mol. The predicted molar refractivity (Wildman–Crippen MR) is 76.9 cm³/mol. The summed E-state index contributed by atoms with van der Waals surface area (Å²) in [4.78, 5) is 22.7. The van der Waals surface area contributed by atoms with E-state index < -0.39 is 10.8 Å². The quantitative estimate of drug-likeness (QED) is 0.675. The first kappa shape index (κ1) is 14.7. The fourth-order valence-electron chi connectivity index (χ4n) is 2.07. The van der Waals surface area contributed by atoms with E-state index in [-0.39, 0.29) is 17.4 Å². The summed E-state index contributed by atoms with van der Waals surface area (Å²) >= 11 is 0. The van der Waals surface area contributed by atoms with Crippen LogP contribution < -0.4 is 5.32 Å². The van der Waals surface area contributed by atoms with Gasteiger partial charge in [-0.25, -0.2) is 0 Å². The Balaban J connectivity index is 2.24. The molecule has 0 fully saturated rings. The van der Waals surface area contributed by atoms with Gasteiger partial charge in [0, 0.05) is 6.54 Å². The summed E-state index contributed by atoms with van der Waals surface area (Å²) in [6, 6.07) is 9.15. The van der Waals surface area contributed by atoms with Gasteiger partial charge in [-0.15, -0.1) is 0 Å². The van der Waals surface area contributed by atoms with E-state index in [1.807, 2.05) is 37.3 Å². The third-order valence-electron chi connectivity index (χ3n) is 3.18. The van der Waals surface area contributed by atoms with Crippen molar-refractivity contribution < 1.29 is 9.72 Å². The third-order valence-corrected chi connectivity index (χ3v) is 3.18. The molecule has 1 N–H and O–H groups in total. The van der Waals surface area contributed by atoms with Crippen LogP contribution in [-0.2, 0) is 6.54 Å². The van der Waals surface area contributed by atoms with Gasteiger partial charge >= 0.3 is 5.69 Å². The molecule has 0 bridgehead atoms. The fraction of sp³-hybridized carbons (Fsp3) is 0.286. The number of hydrogen-bond acceptors (Lipinski definition) is 4. The summed E-state index contributed by atoms with van der Waals surface area (Å²) in [6.07, 6.45) is 1.10. The van der Waals surface area contributed by atoms with Gasteiger partial charge in [-0.3, -0.25) is 19.6 Å². The van der Waals surface area contributed by atoms with Crippen molar-refractivity contribution in [2.75, 3.05) is 0 Å². The number of carbonyl (C=O) groups is 1. The Morgan fingerprint density at radius 1 is 1.43 bits per heavy atom. The van der Waals surface area contributed by atoms with Crippen LogP contribution in [0.3, 0.4) is 0 Å². The van der Waals surface area contributed by atoms with Gasteiger partial charge in [0.1, 0.15) is 6.20 Å². The predicted octanol–water partition coefficient (Wildman–Crippen LogP) is 2.30. The first-order valence-electron chi connectivity index (χ1n) is 6.60. The number of rotatable bonds is 5. The second kappa shape index (κ2) is 6.17. The highest BCUT2D eigenvalue weighted by Gasteiger charge is 2.27. The largest absolute Gasteiger partial charge is 0.344 e. The van der Waals surface area contributed by atoms with Crippen LogP contribution in [0.15, 0.2) is 36.5 Å². The highest BCUT2D eigenvalue weighted by atomic mass is 16.6. The van der Waals surface area contributed by atoms with Gasteiger partial charge < -0.3 is 5.32 Å². The molecule has 0 radical (unpaired) electrons. The van der Waals surface area contributed by atoms with Crippen LogP contribution in [0.25, 0.3) is 0 Å². The van der Waals surface area contributed by atoms with E-state index >= 15 is 0 Å². The van der Waals surface area contributed by atoms with Gasteiger partial charge in [-0.1, -0.05) is 30.3 Å². The van der Waals surface area contributed by atoms with E-state index in [0.717, 1.165) is 11.8 Å². The van der Waals surface area contributed by atoms with Crippen LogP contribution in [0, 0.1) is 10.1 Å². The molecular formula is C14H16N4O3. The number of hydrogen-bond donors (Lipinski definition) is 1. The normalized spacial score (nSPS) is 11.9. The van der Waals surface area contributed by atoms with Crippen molar-refractivity contribution >= 4 is 11.6 Å². The summed E-state index contributed by atoms with van der Waals surface area (Å²) in [5.41, 5.74) is 0.621. The van der Waals surface area contributed by atoms with Crippen molar-refractivity contribution in [2.45, 2.75) is 26.4 Å². The van der Waals surface area contributed by atoms with Crippen LogP contribution >= 0.6 is 0 Å². The molecule has 0 aliphatic heterocycles. The van der Waals surface area contributed by atoms with Gasteiger partial charge in [0.05, 0.1) is 11.0 Å².